The van der Waals surface area contributed by atoms with Gasteiger partial charge in [-0.15, -0.1) is 0 Å². The number of methoxy groups -OCH3 is 1. The highest BCUT2D eigenvalue weighted by atomic mass is 79.9. The van der Waals surface area contributed by atoms with Crippen LogP contribution >= 0.6 is 15.9 Å². The lowest BCUT2D eigenvalue weighted by Crippen LogP contribution is -2.37. The summed E-state index contributed by atoms with van der Waals surface area (Å²) in [5, 5.41) is 0.549. The molecule has 0 N–H and O–H groups in total. The molecule has 16 heavy (non-hydrogen) atoms. The summed E-state index contributed by atoms with van der Waals surface area (Å²) < 4.78 is 15.6. The second kappa shape index (κ2) is 8.73. The highest BCUT2D eigenvalue weighted by Crippen LogP contribution is 2.21. The number of rotatable bonds is 8. The van der Waals surface area contributed by atoms with E-state index in [1.807, 2.05) is 13.8 Å². The maximum absolute atomic E-state index is 10.9. The molecule has 0 atom stereocenters. The summed E-state index contributed by atoms with van der Waals surface area (Å²) in [5.74, 6) is -1.08. The van der Waals surface area contributed by atoms with E-state index in [1.54, 1.807) is 6.08 Å². The van der Waals surface area contributed by atoms with Crippen LogP contribution in [0.5, 0.6) is 0 Å². The first-order valence-corrected chi connectivity index (χ1v) is 6.34. The summed E-state index contributed by atoms with van der Waals surface area (Å²) in [5.41, 5.74) is 0. The van der Waals surface area contributed by atoms with Crippen molar-refractivity contribution in [3.8, 4) is 0 Å². The Balaban J connectivity index is 4.40. The van der Waals surface area contributed by atoms with Gasteiger partial charge in [0.15, 0.2) is 5.79 Å². The summed E-state index contributed by atoms with van der Waals surface area (Å²) >= 11 is 3.36. The molecule has 94 valence electrons. The van der Waals surface area contributed by atoms with Crippen molar-refractivity contribution in [1.82, 2.24) is 0 Å². The quantitative estimate of drug-likeness (QED) is 0.298. The van der Waals surface area contributed by atoms with Gasteiger partial charge in [0.25, 0.3) is 0 Å². The van der Waals surface area contributed by atoms with Gasteiger partial charge < -0.3 is 14.2 Å². The maximum atomic E-state index is 10.9. The SMILES string of the molecule is CCOC(CBr)(C/C=C/C(=O)OC)OCC. The molecule has 0 aliphatic rings. The zero-order valence-corrected chi connectivity index (χ0v) is 11.6. The van der Waals surface area contributed by atoms with Crippen LogP contribution in [0.2, 0.25) is 0 Å². The number of ether oxygens (including phenoxy) is 3. The monoisotopic (exact) mass is 294 g/mol. The molecule has 0 bridgehead atoms. The van der Waals surface area contributed by atoms with Crippen LogP contribution in [0, 0.1) is 0 Å². The fourth-order valence-electron chi connectivity index (χ4n) is 1.22. The van der Waals surface area contributed by atoms with E-state index in [1.165, 1.54) is 13.2 Å². The third-order valence-corrected chi connectivity index (χ3v) is 2.76. The van der Waals surface area contributed by atoms with E-state index >= 15 is 0 Å². The van der Waals surface area contributed by atoms with Crippen LogP contribution < -0.4 is 0 Å². The number of hydrogen-bond acceptors (Lipinski definition) is 4. The van der Waals surface area contributed by atoms with Crippen LogP contribution in [0.3, 0.4) is 0 Å². The molecule has 0 heterocycles. The van der Waals surface area contributed by atoms with Crippen molar-refractivity contribution >= 4 is 21.9 Å². The summed E-state index contributed by atoms with van der Waals surface area (Å²) in [4.78, 5) is 10.9. The summed E-state index contributed by atoms with van der Waals surface area (Å²) in [7, 11) is 1.34. The molecule has 0 fully saturated rings. The largest absolute Gasteiger partial charge is 0.466 e. The Labute approximate surface area is 105 Å². The first-order valence-electron chi connectivity index (χ1n) is 5.22. The number of hydrogen-bond donors (Lipinski definition) is 0. The third kappa shape index (κ3) is 5.63. The molecule has 0 aromatic rings. The normalized spacial score (nSPS) is 12.0. The topological polar surface area (TPSA) is 44.8 Å². The Bertz CT molecular complexity index is 222. The van der Waals surface area contributed by atoms with Crippen LogP contribution in [0.25, 0.3) is 0 Å². The van der Waals surface area contributed by atoms with E-state index in [-0.39, 0.29) is 5.97 Å². The van der Waals surface area contributed by atoms with Gasteiger partial charge in [0.1, 0.15) is 0 Å². The van der Waals surface area contributed by atoms with Crippen LogP contribution in [0.1, 0.15) is 20.3 Å². The van der Waals surface area contributed by atoms with Crippen molar-refractivity contribution in [2.24, 2.45) is 0 Å². The molecule has 4 nitrogen and oxygen atoms in total. The van der Waals surface area contributed by atoms with Gasteiger partial charge in [0, 0.05) is 25.7 Å². The number of alkyl halides is 1. The van der Waals surface area contributed by atoms with Crippen LogP contribution in [0.4, 0.5) is 0 Å². The Hall–Kier alpha value is -0.390. The van der Waals surface area contributed by atoms with E-state index in [4.69, 9.17) is 9.47 Å². The summed E-state index contributed by atoms with van der Waals surface area (Å²) in [6, 6.07) is 0. The predicted octanol–water partition coefficient (Wildman–Crippen LogP) is 2.27. The van der Waals surface area contributed by atoms with Crippen molar-refractivity contribution in [1.29, 1.82) is 0 Å². The molecule has 5 heteroatoms. The van der Waals surface area contributed by atoms with Crippen molar-refractivity contribution in [3.05, 3.63) is 12.2 Å². The molecule has 0 rings (SSSR count). The lowest BCUT2D eigenvalue weighted by atomic mass is 10.2. The molecular weight excluding hydrogens is 276 g/mol. The average Bonchev–Trinajstić information content (AvgIpc) is 2.29. The Kier molecular flexibility index (Phi) is 8.51. The number of carbonyl (C=O) groups excluding carboxylic acids is 1. The van der Waals surface area contributed by atoms with Gasteiger partial charge in [-0.3, -0.25) is 0 Å². The number of halogens is 1. The van der Waals surface area contributed by atoms with Gasteiger partial charge in [0.2, 0.25) is 0 Å². The van der Waals surface area contributed by atoms with Crippen LogP contribution in [-0.2, 0) is 19.0 Å². The van der Waals surface area contributed by atoms with E-state index in [9.17, 15) is 4.79 Å². The molecule has 0 aliphatic heterocycles. The maximum Gasteiger partial charge on any atom is 0.330 e. The first-order chi connectivity index (χ1) is 7.64. The minimum Gasteiger partial charge on any atom is -0.466 e. The van der Waals surface area contributed by atoms with Crippen molar-refractivity contribution in [2.75, 3.05) is 25.7 Å². The van der Waals surface area contributed by atoms with Gasteiger partial charge in [-0.25, -0.2) is 4.79 Å². The van der Waals surface area contributed by atoms with Crippen molar-refractivity contribution < 1.29 is 19.0 Å². The van der Waals surface area contributed by atoms with Gasteiger partial charge in [0.05, 0.1) is 12.4 Å². The van der Waals surface area contributed by atoms with Gasteiger partial charge in [-0.2, -0.15) is 0 Å². The minimum atomic E-state index is -0.700. The zero-order chi connectivity index (χ0) is 12.4. The van der Waals surface area contributed by atoms with E-state index in [2.05, 4.69) is 20.7 Å². The Morgan fingerprint density at radius 2 is 1.88 bits per heavy atom. The fourth-order valence-corrected chi connectivity index (χ4v) is 1.77. The van der Waals surface area contributed by atoms with Crippen LogP contribution in [-0.4, -0.2) is 37.4 Å². The molecule has 0 amide bonds. The first kappa shape index (κ1) is 15.6. The predicted molar refractivity (Wildman–Crippen MR) is 65.6 cm³/mol. The molecule has 0 aromatic heterocycles. The molecule has 0 aliphatic carbocycles. The average molecular weight is 295 g/mol. The number of esters is 1. The standard InChI is InChI=1S/C11H19BrO4/c1-4-15-11(9-12,16-5-2)8-6-7-10(13)14-3/h6-7H,4-5,8-9H2,1-3H3/b7-6+. The molecule has 0 spiro atoms. The Morgan fingerprint density at radius 1 is 1.31 bits per heavy atom. The third-order valence-electron chi connectivity index (χ3n) is 1.90. The molecule has 0 aromatic carbocycles. The zero-order valence-electron chi connectivity index (χ0n) is 9.99. The number of carbonyl (C=O) groups is 1. The summed E-state index contributed by atoms with van der Waals surface area (Å²) in [6.45, 7) is 4.91. The van der Waals surface area contributed by atoms with Crippen LogP contribution in [0.15, 0.2) is 12.2 Å². The molecule has 0 unspecified atom stereocenters. The lowest BCUT2D eigenvalue weighted by molar-refractivity contribution is -0.213. The molecular formula is C11H19BrO4. The summed E-state index contributed by atoms with van der Waals surface area (Å²) in [6.07, 6.45) is 3.56. The van der Waals surface area contributed by atoms with Crippen molar-refractivity contribution in [3.63, 3.8) is 0 Å². The van der Waals surface area contributed by atoms with E-state index in [0.717, 1.165) is 0 Å². The highest BCUT2D eigenvalue weighted by Gasteiger charge is 2.28. The van der Waals surface area contributed by atoms with Gasteiger partial charge in [-0.1, -0.05) is 22.0 Å². The second-order valence-corrected chi connectivity index (χ2v) is 3.60. The van der Waals surface area contributed by atoms with E-state index < -0.39 is 5.79 Å². The van der Waals surface area contributed by atoms with Crippen molar-refractivity contribution in [2.45, 2.75) is 26.1 Å². The van der Waals surface area contributed by atoms with Gasteiger partial charge >= 0.3 is 5.97 Å². The molecule has 0 saturated heterocycles. The van der Waals surface area contributed by atoms with E-state index in [0.29, 0.717) is 25.0 Å². The highest BCUT2D eigenvalue weighted by molar-refractivity contribution is 9.09. The Morgan fingerprint density at radius 3 is 2.25 bits per heavy atom. The molecule has 0 saturated carbocycles. The lowest BCUT2D eigenvalue weighted by Gasteiger charge is -2.30. The van der Waals surface area contributed by atoms with Gasteiger partial charge in [-0.05, 0) is 13.8 Å². The fraction of sp³-hybridized carbons (Fsp3) is 0.727. The molecule has 0 radical (unpaired) electrons. The minimum absolute atomic E-state index is 0.378. The second-order valence-electron chi connectivity index (χ2n) is 3.04. The smallest absolute Gasteiger partial charge is 0.330 e.